The molecule has 0 radical (unpaired) electrons. The molecular formula is C17H16N2O2. The van der Waals surface area contributed by atoms with Crippen molar-refractivity contribution in [2.24, 2.45) is 5.73 Å². The lowest BCUT2D eigenvalue weighted by atomic mass is 10.1. The van der Waals surface area contributed by atoms with Crippen molar-refractivity contribution < 1.29 is 9.26 Å². The number of hydrogen-bond donors (Lipinski definition) is 1. The number of nitrogens with zero attached hydrogens (tertiary/aromatic N) is 1. The van der Waals surface area contributed by atoms with Crippen LogP contribution in [0.5, 0.6) is 11.5 Å². The minimum atomic E-state index is 0.547. The molecule has 0 unspecified atom stereocenters. The highest BCUT2D eigenvalue weighted by Crippen LogP contribution is 2.27. The number of benzene rings is 2. The number of aromatic nitrogens is 1. The standard InChI is InChI=1S/C17H16N2O2/c18-10-9-16-12-17(19-21-16)13-5-4-8-15(11-13)20-14-6-2-1-3-7-14/h1-8,11-12H,9-10,18H2. The van der Waals surface area contributed by atoms with Crippen LogP contribution in [0.3, 0.4) is 0 Å². The quantitative estimate of drug-likeness (QED) is 0.775. The highest BCUT2D eigenvalue weighted by molar-refractivity contribution is 5.61. The second kappa shape index (κ2) is 6.24. The molecule has 0 amide bonds. The zero-order chi connectivity index (χ0) is 14.5. The van der Waals surface area contributed by atoms with Crippen molar-refractivity contribution in [1.29, 1.82) is 0 Å². The summed E-state index contributed by atoms with van der Waals surface area (Å²) < 4.78 is 11.1. The molecule has 3 aromatic rings. The molecular weight excluding hydrogens is 264 g/mol. The summed E-state index contributed by atoms with van der Waals surface area (Å²) in [5.74, 6) is 2.36. The van der Waals surface area contributed by atoms with Crippen LogP contribution >= 0.6 is 0 Å². The Hall–Kier alpha value is -2.59. The van der Waals surface area contributed by atoms with Crippen LogP contribution in [-0.4, -0.2) is 11.7 Å². The molecule has 4 nitrogen and oxygen atoms in total. The third-order valence-electron chi connectivity index (χ3n) is 3.06. The monoisotopic (exact) mass is 280 g/mol. The molecule has 0 spiro atoms. The van der Waals surface area contributed by atoms with Crippen LogP contribution in [-0.2, 0) is 6.42 Å². The van der Waals surface area contributed by atoms with Crippen molar-refractivity contribution in [3.05, 3.63) is 66.4 Å². The highest BCUT2D eigenvalue weighted by atomic mass is 16.5. The van der Waals surface area contributed by atoms with Crippen molar-refractivity contribution in [3.63, 3.8) is 0 Å². The molecule has 0 fully saturated rings. The third-order valence-corrected chi connectivity index (χ3v) is 3.06. The van der Waals surface area contributed by atoms with E-state index >= 15 is 0 Å². The summed E-state index contributed by atoms with van der Waals surface area (Å²) in [5.41, 5.74) is 7.25. The van der Waals surface area contributed by atoms with E-state index in [0.29, 0.717) is 13.0 Å². The fraction of sp³-hybridized carbons (Fsp3) is 0.118. The van der Waals surface area contributed by atoms with Gasteiger partial charge in [-0.1, -0.05) is 35.5 Å². The van der Waals surface area contributed by atoms with Crippen molar-refractivity contribution in [1.82, 2.24) is 5.16 Å². The fourth-order valence-corrected chi connectivity index (χ4v) is 2.05. The predicted octanol–water partition coefficient (Wildman–Crippen LogP) is 3.64. The Kier molecular flexibility index (Phi) is 3.98. The highest BCUT2D eigenvalue weighted by Gasteiger charge is 2.07. The Morgan fingerprint density at radius 1 is 0.952 bits per heavy atom. The average Bonchev–Trinajstić information content (AvgIpc) is 2.98. The van der Waals surface area contributed by atoms with Gasteiger partial charge in [-0.3, -0.25) is 0 Å². The largest absolute Gasteiger partial charge is 0.457 e. The molecule has 1 aromatic heterocycles. The molecule has 0 saturated carbocycles. The van der Waals surface area contributed by atoms with E-state index < -0.39 is 0 Å². The SMILES string of the molecule is NCCc1cc(-c2cccc(Oc3ccccc3)c2)no1. The minimum absolute atomic E-state index is 0.547. The van der Waals surface area contributed by atoms with E-state index in [1.807, 2.05) is 60.7 Å². The molecule has 0 aliphatic carbocycles. The van der Waals surface area contributed by atoms with Crippen molar-refractivity contribution in [2.45, 2.75) is 6.42 Å². The zero-order valence-electron chi connectivity index (χ0n) is 11.5. The summed E-state index contributed by atoms with van der Waals surface area (Å²) >= 11 is 0. The van der Waals surface area contributed by atoms with Crippen molar-refractivity contribution in [3.8, 4) is 22.8 Å². The molecule has 0 saturated heterocycles. The average molecular weight is 280 g/mol. The Bertz CT molecular complexity index is 708. The summed E-state index contributed by atoms with van der Waals surface area (Å²) in [6.45, 7) is 0.547. The van der Waals surface area contributed by atoms with Gasteiger partial charge in [0.15, 0.2) is 0 Å². The molecule has 4 heteroatoms. The van der Waals surface area contributed by atoms with Crippen LogP contribution in [0.25, 0.3) is 11.3 Å². The topological polar surface area (TPSA) is 61.3 Å². The molecule has 2 N–H and O–H groups in total. The third kappa shape index (κ3) is 3.30. The molecule has 21 heavy (non-hydrogen) atoms. The minimum Gasteiger partial charge on any atom is -0.457 e. The Balaban J connectivity index is 1.82. The Morgan fingerprint density at radius 2 is 1.76 bits per heavy atom. The van der Waals surface area contributed by atoms with Crippen LogP contribution in [0.1, 0.15) is 5.76 Å². The first-order chi connectivity index (χ1) is 10.3. The molecule has 0 aliphatic heterocycles. The summed E-state index contributed by atoms with van der Waals surface area (Å²) in [4.78, 5) is 0. The summed E-state index contributed by atoms with van der Waals surface area (Å²) in [6.07, 6.45) is 0.688. The van der Waals surface area contributed by atoms with Crippen LogP contribution in [0.4, 0.5) is 0 Å². The van der Waals surface area contributed by atoms with Crippen molar-refractivity contribution in [2.75, 3.05) is 6.54 Å². The van der Waals surface area contributed by atoms with Gasteiger partial charge in [0.05, 0.1) is 0 Å². The molecule has 2 aromatic carbocycles. The molecule has 3 rings (SSSR count). The van der Waals surface area contributed by atoms with Gasteiger partial charge in [-0.2, -0.15) is 0 Å². The number of ether oxygens (including phenoxy) is 1. The Labute approximate surface area is 123 Å². The summed E-state index contributed by atoms with van der Waals surface area (Å²) in [6, 6.07) is 19.4. The number of para-hydroxylation sites is 1. The maximum atomic E-state index is 5.82. The van der Waals surface area contributed by atoms with E-state index in [-0.39, 0.29) is 0 Å². The van der Waals surface area contributed by atoms with E-state index in [0.717, 1.165) is 28.5 Å². The smallest absolute Gasteiger partial charge is 0.138 e. The maximum Gasteiger partial charge on any atom is 0.138 e. The number of rotatable bonds is 5. The molecule has 0 aliphatic rings. The van der Waals surface area contributed by atoms with E-state index in [9.17, 15) is 0 Å². The first kappa shape index (κ1) is 13.4. The van der Waals surface area contributed by atoms with E-state index in [4.69, 9.17) is 15.0 Å². The van der Waals surface area contributed by atoms with Gasteiger partial charge in [0.25, 0.3) is 0 Å². The second-order valence-electron chi connectivity index (χ2n) is 4.66. The second-order valence-corrected chi connectivity index (χ2v) is 4.66. The van der Waals surface area contributed by atoms with E-state index in [2.05, 4.69) is 5.16 Å². The predicted molar refractivity (Wildman–Crippen MR) is 81.2 cm³/mol. The van der Waals surface area contributed by atoms with Crippen LogP contribution < -0.4 is 10.5 Å². The maximum absolute atomic E-state index is 5.82. The van der Waals surface area contributed by atoms with Gasteiger partial charge < -0.3 is 15.0 Å². The fourth-order valence-electron chi connectivity index (χ4n) is 2.05. The lowest BCUT2D eigenvalue weighted by Gasteiger charge is -2.06. The summed E-state index contributed by atoms with van der Waals surface area (Å²) in [5, 5.41) is 4.07. The van der Waals surface area contributed by atoms with Gasteiger partial charge >= 0.3 is 0 Å². The van der Waals surface area contributed by atoms with Gasteiger partial charge in [-0.15, -0.1) is 0 Å². The number of nitrogens with two attached hydrogens (primary N) is 1. The van der Waals surface area contributed by atoms with Crippen LogP contribution in [0.15, 0.2) is 65.2 Å². The van der Waals surface area contributed by atoms with Gasteiger partial charge in [0.2, 0.25) is 0 Å². The van der Waals surface area contributed by atoms with Gasteiger partial charge in [0, 0.05) is 18.1 Å². The first-order valence-corrected chi connectivity index (χ1v) is 6.84. The first-order valence-electron chi connectivity index (χ1n) is 6.84. The van der Waals surface area contributed by atoms with E-state index in [1.165, 1.54) is 0 Å². The lowest BCUT2D eigenvalue weighted by molar-refractivity contribution is 0.386. The molecule has 0 atom stereocenters. The van der Waals surface area contributed by atoms with Gasteiger partial charge in [-0.05, 0) is 30.8 Å². The summed E-state index contributed by atoms with van der Waals surface area (Å²) in [7, 11) is 0. The van der Waals surface area contributed by atoms with Gasteiger partial charge in [-0.25, -0.2) is 0 Å². The Morgan fingerprint density at radius 3 is 2.57 bits per heavy atom. The van der Waals surface area contributed by atoms with Crippen LogP contribution in [0.2, 0.25) is 0 Å². The van der Waals surface area contributed by atoms with Crippen molar-refractivity contribution >= 4 is 0 Å². The van der Waals surface area contributed by atoms with Crippen LogP contribution in [0, 0.1) is 0 Å². The zero-order valence-corrected chi connectivity index (χ0v) is 11.5. The number of hydrogen-bond acceptors (Lipinski definition) is 4. The molecule has 0 bridgehead atoms. The molecule has 1 heterocycles. The lowest BCUT2D eigenvalue weighted by Crippen LogP contribution is -2.01. The van der Waals surface area contributed by atoms with E-state index in [1.54, 1.807) is 0 Å². The molecule has 106 valence electrons. The van der Waals surface area contributed by atoms with Gasteiger partial charge in [0.1, 0.15) is 23.0 Å². The normalized spacial score (nSPS) is 10.5.